The van der Waals surface area contributed by atoms with Crippen molar-refractivity contribution < 1.29 is 0 Å². The van der Waals surface area contributed by atoms with E-state index in [-0.39, 0.29) is 0 Å². The molecule has 0 radical (unpaired) electrons. The summed E-state index contributed by atoms with van der Waals surface area (Å²) in [6.07, 6.45) is 0. The van der Waals surface area contributed by atoms with Crippen LogP contribution in [0.5, 0.6) is 0 Å². The standard InChI is InChI=1S/C12H28Si/c1-9(2)13(10(3)4,11(5)6)12(7)8/h9-12H,1-8H3. The zero-order chi connectivity index (χ0) is 10.8. The van der Waals surface area contributed by atoms with Crippen LogP contribution in [-0.2, 0) is 0 Å². The second-order valence-electron chi connectivity index (χ2n) is 5.62. The van der Waals surface area contributed by atoms with Crippen LogP contribution in [0.3, 0.4) is 0 Å². The highest BCUT2D eigenvalue weighted by molar-refractivity contribution is 6.84. The molecule has 0 nitrogen and oxygen atoms in total. The van der Waals surface area contributed by atoms with E-state index < -0.39 is 8.07 Å². The van der Waals surface area contributed by atoms with E-state index in [1.165, 1.54) is 0 Å². The van der Waals surface area contributed by atoms with Crippen molar-refractivity contribution in [2.75, 3.05) is 0 Å². The molecule has 0 aliphatic heterocycles. The van der Waals surface area contributed by atoms with Gasteiger partial charge in [0, 0.05) is 0 Å². The molecule has 0 saturated heterocycles. The first-order valence-electron chi connectivity index (χ1n) is 5.77. The van der Waals surface area contributed by atoms with Gasteiger partial charge in [0.2, 0.25) is 0 Å². The molecule has 0 aliphatic carbocycles. The summed E-state index contributed by atoms with van der Waals surface area (Å²) >= 11 is 0. The summed E-state index contributed by atoms with van der Waals surface area (Å²) in [5.74, 6) is 0. The maximum Gasteiger partial charge on any atom is 0.0638 e. The third-order valence-corrected chi connectivity index (χ3v) is 12.0. The molecule has 0 heterocycles. The molecule has 0 aromatic carbocycles. The lowest BCUT2D eigenvalue weighted by molar-refractivity contribution is 0.753. The van der Waals surface area contributed by atoms with Crippen molar-refractivity contribution >= 4 is 8.07 Å². The molecule has 0 aromatic heterocycles. The largest absolute Gasteiger partial charge is 0.0651 e. The first kappa shape index (κ1) is 13.2. The van der Waals surface area contributed by atoms with Crippen LogP contribution in [0.15, 0.2) is 0 Å². The van der Waals surface area contributed by atoms with E-state index in [9.17, 15) is 0 Å². The molecular formula is C12H28Si. The molecule has 0 saturated carbocycles. The minimum atomic E-state index is -1.10. The van der Waals surface area contributed by atoms with Crippen LogP contribution in [-0.4, -0.2) is 8.07 Å². The van der Waals surface area contributed by atoms with Crippen molar-refractivity contribution in [3.8, 4) is 0 Å². The van der Waals surface area contributed by atoms with Crippen molar-refractivity contribution in [2.45, 2.75) is 77.6 Å². The third-order valence-electron chi connectivity index (χ3n) is 4.00. The van der Waals surface area contributed by atoms with Gasteiger partial charge in [0.1, 0.15) is 0 Å². The molecule has 0 fully saturated rings. The molecule has 0 unspecified atom stereocenters. The van der Waals surface area contributed by atoms with Crippen LogP contribution in [0, 0.1) is 0 Å². The Labute approximate surface area is 86.1 Å². The van der Waals surface area contributed by atoms with Crippen molar-refractivity contribution in [1.29, 1.82) is 0 Å². The van der Waals surface area contributed by atoms with Gasteiger partial charge in [-0.15, -0.1) is 0 Å². The Bertz CT molecular complexity index is 108. The lowest BCUT2D eigenvalue weighted by atomic mass is 10.5. The predicted molar refractivity (Wildman–Crippen MR) is 66.1 cm³/mol. The Morgan fingerprint density at radius 1 is 0.462 bits per heavy atom. The van der Waals surface area contributed by atoms with E-state index in [4.69, 9.17) is 0 Å². The van der Waals surface area contributed by atoms with Gasteiger partial charge in [-0.2, -0.15) is 0 Å². The van der Waals surface area contributed by atoms with E-state index in [0.717, 1.165) is 22.2 Å². The zero-order valence-corrected chi connectivity index (χ0v) is 11.8. The summed E-state index contributed by atoms with van der Waals surface area (Å²) in [6, 6.07) is 0. The lowest BCUT2D eigenvalue weighted by Gasteiger charge is -2.46. The maximum absolute atomic E-state index is 2.44. The first-order valence-corrected chi connectivity index (χ1v) is 8.08. The molecule has 1 heteroatoms. The summed E-state index contributed by atoms with van der Waals surface area (Å²) in [6.45, 7) is 19.5. The van der Waals surface area contributed by atoms with Gasteiger partial charge in [-0.3, -0.25) is 0 Å². The van der Waals surface area contributed by atoms with E-state index in [2.05, 4.69) is 55.4 Å². The van der Waals surface area contributed by atoms with Gasteiger partial charge >= 0.3 is 0 Å². The highest BCUT2D eigenvalue weighted by Gasteiger charge is 2.44. The van der Waals surface area contributed by atoms with Gasteiger partial charge < -0.3 is 0 Å². The molecule has 0 rings (SSSR count). The van der Waals surface area contributed by atoms with Gasteiger partial charge in [-0.05, 0) is 0 Å². The van der Waals surface area contributed by atoms with E-state index >= 15 is 0 Å². The van der Waals surface area contributed by atoms with Crippen LogP contribution in [0.2, 0.25) is 22.2 Å². The van der Waals surface area contributed by atoms with E-state index in [1.54, 1.807) is 0 Å². The lowest BCUT2D eigenvalue weighted by Crippen LogP contribution is -2.47. The summed E-state index contributed by atoms with van der Waals surface area (Å²) in [5.41, 5.74) is 3.64. The highest BCUT2D eigenvalue weighted by atomic mass is 28.3. The van der Waals surface area contributed by atoms with Crippen LogP contribution < -0.4 is 0 Å². The highest BCUT2D eigenvalue weighted by Crippen LogP contribution is 2.48. The molecule has 0 amide bonds. The molecule has 0 aliphatic rings. The van der Waals surface area contributed by atoms with Crippen molar-refractivity contribution in [1.82, 2.24) is 0 Å². The Balaban J connectivity index is 5.06. The smallest absolute Gasteiger partial charge is 0.0638 e. The minimum Gasteiger partial charge on any atom is -0.0651 e. The molecule has 80 valence electrons. The van der Waals surface area contributed by atoms with Crippen LogP contribution in [0.1, 0.15) is 55.4 Å². The molecule has 13 heavy (non-hydrogen) atoms. The van der Waals surface area contributed by atoms with Crippen molar-refractivity contribution in [3.05, 3.63) is 0 Å². The van der Waals surface area contributed by atoms with Crippen LogP contribution in [0.4, 0.5) is 0 Å². The molecule has 0 spiro atoms. The average Bonchev–Trinajstić information content (AvgIpc) is 1.82. The van der Waals surface area contributed by atoms with E-state index in [1.807, 2.05) is 0 Å². The SMILES string of the molecule is CC(C)[Si](C(C)C)(C(C)C)C(C)C. The summed E-state index contributed by atoms with van der Waals surface area (Å²) < 4.78 is 0. The third kappa shape index (κ3) is 2.17. The predicted octanol–water partition coefficient (Wildman–Crippen LogP) is 5.08. The van der Waals surface area contributed by atoms with Gasteiger partial charge in [-0.1, -0.05) is 77.6 Å². The molecule has 0 aromatic rings. The number of hydrogen-bond donors (Lipinski definition) is 0. The van der Waals surface area contributed by atoms with Crippen LogP contribution in [0.25, 0.3) is 0 Å². The fraction of sp³-hybridized carbons (Fsp3) is 1.00. The molecule has 0 atom stereocenters. The molecule has 0 N–H and O–H groups in total. The van der Waals surface area contributed by atoms with Gasteiger partial charge in [0.25, 0.3) is 0 Å². The normalized spacial score (nSPS) is 13.8. The fourth-order valence-electron chi connectivity index (χ4n) is 4.00. The fourth-order valence-corrected chi connectivity index (χ4v) is 12.0. The summed E-state index contributed by atoms with van der Waals surface area (Å²) in [4.78, 5) is 0. The number of rotatable bonds is 4. The summed E-state index contributed by atoms with van der Waals surface area (Å²) in [5, 5.41) is 0. The average molecular weight is 200 g/mol. The summed E-state index contributed by atoms with van der Waals surface area (Å²) in [7, 11) is -1.10. The van der Waals surface area contributed by atoms with Crippen LogP contribution >= 0.6 is 0 Å². The van der Waals surface area contributed by atoms with Crippen molar-refractivity contribution in [3.63, 3.8) is 0 Å². The first-order chi connectivity index (χ1) is 5.77. The molecular weight excluding hydrogens is 172 g/mol. The number of hydrogen-bond acceptors (Lipinski definition) is 0. The maximum atomic E-state index is 2.44. The topological polar surface area (TPSA) is 0 Å². The zero-order valence-electron chi connectivity index (χ0n) is 10.8. The van der Waals surface area contributed by atoms with Gasteiger partial charge in [-0.25, -0.2) is 0 Å². The Morgan fingerprint density at radius 3 is 0.615 bits per heavy atom. The van der Waals surface area contributed by atoms with Crippen molar-refractivity contribution in [2.24, 2.45) is 0 Å². The quantitative estimate of drug-likeness (QED) is 0.555. The minimum absolute atomic E-state index is 0.910. The Kier molecular flexibility index (Phi) is 4.71. The Hall–Kier alpha value is 0.217. The monoisotopic (exact) mass is 200 g/mol. The van der Waals surface area contributed by atoms with Gasteiger partial charge in [0.15, 0.2) is 0 Å². The second kappa shape index (κ2) is 4.63. The Morgan fingerprint density at radius 2 is 0.615 bits per heavy atom. The van der Waals surface area contributed by atoms with Gasteiger partial charge in [0.05, 0.1) is 8.07 Å². The van der Waals surface area contributed by atoms with E-state index in [0.29, 0.717) is 0 Å². The molecule has 0 bridgehead atoms. The second-order valence-corrected chi connectivity index (χ2v) is 12.2.